The number of ether oxygens (including phenoxy) is 2. The fourth-order valence-electron chi connectivity index (χ4n) is 6.79. The van der Waals surface area contributed by atoms with Crippen molar-refractivity contribution in [1.29, 1.82) is 0 Å². The Hall–Kier alpha value is -2.73. The smallest absolute Gasteiger partial charge is 1.00 e. The molecule has 0 fully saturated rings. The summed E-state index contributed by atoms with van der Waals surface area (Å²) in [5.41, 5.74) is 3.02. The summed E-state index contributed by atoms with van der Waals surface area (Å²) in [7, 11) is 0. The molecule has 4 nitrogen and oxygen atoms in total. The molecule has 0 saturated carbocycles. The van der Waals surface area contributed by atoms with E-state index in [4.69, 9.17) is 19.5 Å². The van der Waals surface area contributed by atoms with Gasteiger partial charge in [0.25, 0.3) is 0 Å². The number of hydrogen-bond acceptors (Lipinski definition) is 4. The largest absolute Gasteiger partial charge is 2.00 e. The van der Waals surface area contributed by atoms with Crippen molar-refractivity contribution in [2.45, 2.75) is 70.2 Å². The predicted octanol–water partition coefficient (Wildman–Crippen LogP) is 2.96. The fourth-order valence-corrected chi connectivity index (χ4v) is 6.79. The number of aliphatic imine (C=N–C) groups is 2. The number of rotatable bonds is 10. The van der Waals surface area contributed by atoms with Crippen LogP contribution in [-0.4, -0.2) is 23.9 Å². The van der Waals surface area contributed by atoms with Gasteiger partial charge in [-0.1, -0.05) is 149 Å². The van der Waals surface area contributed by atoms with E-state index in [0.717, 1.165) is 35.1 Å². The van der Waals surface area contributed by atoms with Gasteiger partial charge in [-0.05, 0) is 24.7 Å². The summed E-state index contributed by atoms with van der Waals surface area (Å²) in [4.78, 5) is 10.6. The number of hydrogen-bond donors (Lipinski definition) is 0. The first-order valence-electron chi connectivity index (χ1n) is 15.6. The van der Waals surface area contributed by atoms with Crippen LogP contribution in [-0.2, 0) is 37.2 Å². The molecule has 7 heteroatoms. The van der Waals surface area contributed by atoms with Crippen molar-refractivity contribution in [1.82, 2.24) is 0 Å². The molecule has 2 aliphatic rings. The third kappa shape index (κ3) is 7.38. The minimum atomic E-state index is -0.714. The Kier molecular flexibility index (Phi) is 13.4. The molecule has 2 atom stereocenters. The van der Waals surface area contributed by atoms with Crippen LogP contribution in [0.15, 0.2) is 131 Å². The van der Waals surface area contributed by atoms with Crippen molar-refractivity contribution in [2.75, 3.05) is 0 Å². The van der Waals surface area contributed by atoms with E-state index in [1.807, 2.05) is 0 Å². The van der Waals surface area contributed by atoms with Crippen molar-refractivity contribution in [2.24, 2.45) is 21.8 Å². The van der Waals surface area contributed by atoms with Crippen LogP contribution in [0, 0.1) is 11.8 Å². The van der Waals surface area contributed by atoms with Gasteiger partial charge in [0.2, 0.25) is 0 Å². The van der Waals surface area contributed by atoms with Gasteiger partial charge < -0.3 is 43.4 Å². The molecular weight excluding hydrogens is 747 g/mol. The first-order chi connectivity index (χ1) is 20.9. The second-order valence-corrected chi connectivity index (χ2v) is 12.7. The molecule has 0 spiro atoms. The summed E-state index contributed by atoms with van der Waals surface area (Å²) in [6.07, 6.45) is 2.20. The second kappa shape index (κ2) is 16.4. The average molecular weight is 789 g/mol. The summed E-state index contributed by atoms with van der Waals surface area (Å²) in [6.45, 7) is 9.01. The molecule has 0 unspecified atom stereocenters. The van der Waals surface area contributed by atoms with Crippen molar-refractivity contribution >= 4 is 11.8 Å². The maximum absolute atomic E-state index is 7.08. The molecule has 46 heavy (non-hydrogen) atoms. The van der Waals surface area contributed by atoms with E-state index in [1.54, 1.807) is 0 Å². The van der Waals surface area contributed by atoms with Crippen LogP contribution in [0.2, 0.25) is 0 Å². The van der Waals surface area contributed by atoms with E-state index in [1.165, 1.54) is 0 Å². The van der Waals surface area contributed by atoms with Gasteiger partial charge in [-0.15, -0.1) is 0 Å². The Bertz CT molecular complexity index is 1370. The SMILES string of the molecule is CC(C)C[C@H]1N=C(CC2=N[C@H](CC(C)C)C(c3ccccc3)(c3ccccc3)O2)OC1(c1ccccc1)c1ccccc1.[Br-].[Br-].[Ni+2]. The number of halogens is 2. The van der Waals surface area contributed by atoms with E-state index in [0.29, 0.717) is 30.1 Å². The molecule has 0 bridgehead atoms. The molecule has 0 saturated heterocycles. The minimum Gasteiger partial charge on any atom is -1.00 e. The summed E-state index contributed by atoms with van der Waals surface area (Å²) in [5, 5.41) is 0. The molecule has 6 rings (SSSR count). The first kappa shape index (κ1) is 37.7. The Balaban J connectivity index is 0.00000192. The van der Waals surface area contributed by atoms with Crippen LogP contribution in [0.1, 0.15) is 69.2 Å². The molecule has 4 aromatic rings. The van der Waals surface area contributed by atoms with E-state index >= 15 is 0 Å². The van der Waals surface area contributed by atoms with Crippen LogP contribution < -0.4 is 34.0 Å². The van der Waals surface area contributed by atoms with Gasteiger partial charge in [-0.2, -0.15) is 0 Å². The van der Waals surface area contributed by atoms with Gasteiger partial charge in [0.1, 0.15) is 12.1 Å². The zero-order chi connectivity index (χ0) is 29.9. The van der Waals surface area contributed by atoms with E-state index in [9.17, 15) is 0 Å². The zero-order valence-electron chi connectivity index (χ0n) is 26.8. The molecule has 0 N–H and O–H groups in total. The molecule has 2 heterocycles. The first-order valence-corrected chi connectivity index (χ1v) is 15.6. The van der Waals surface area contributed by atoms with Gasteiger partial charge in [-0.25, -0.2) is 9.98 Å². The van der Waals surface area contributed by atoms with Crippen molar-refractivity contribution in [3.8, 4) is 0 Å². The summed E-state index contributed by atoms with van der Waals surface area (Å²) in [5.74, 6) is 2.25. The van der Waals surface area contributed by atoms with E-state index < -0.39 is 11.2 Å². The summed E-state index contributed by atoms with van der Waals surface area (Å²) >= 11 is 0. The molecule has 0 aromatic heterocycles. The van der Waals surface area contributed by atoms with Crippen molar-refractivity contribution in [3.63, 3.8) is 0 Å². The molecule has 2 aliphatic heterocycles. The Morgan fingerprint density at radius 2 is 0.761 bits per heavy atom. The fraction of sp³-hybridized carbons (Fsp3) is 0.333. The number of nitrogens with zero attached hydrogens (tertiary/aromatic N) is 2. The van der Waals surface area contributed by atoms with Crippen LogP contribution in [0.5, 0.6) is 0 Å². The average Bonchev–Trinajstić information content (AvgIpc) is 3.57. The molecular formula is C39H42Br2N2NiO2. The molecule has 0 amide bonds. The maximum Gasteiger partial charge on any atom is 2.00 e. The molecule has 0 aliphatic carbocycles. The molecule has 0 radical (unpaired) electrons. The van der Waals surface area contributed by atoms with Gasteiger partial charge in [0, 0.05) is 22.3 Å². The number of benzene rings is 4. The van der Waals surface area contributed by atoms with Crippen molar-refractivity contribution in [3.05, 3.63) is 144 Å². The minimum absolute atomic E-state index is 0. The predicted molar refractivity (Wildman–Crippen MR) is 175 cm³/mol. The summed E-state index contributed by atoms with van der Waals surface area (Å²) in [6, 6.07) is 42.1. The van der Waals surface area contributed by atoms with Crippen molar-refractivity contribution < 1.29 is 59.9 Å². The van der Waals surface area contributed by atoms with Gasteiger partial charge in [0.05, 0.1) is 6.42 Å². The monoisotopic (exact) mass is 786 g/mol. The van der Waals surface area contributed by atoms with Gasteiger partial charge >= 0.3 is 16.5 Å². The standard InChI is InChI=1S/C39H42N2O2.2BrH.Ni/c1-28(2)25-34-38(30-17-9-5-10-18-30,31-19-11-6-12-20-31)42-36(40-34)27-37-41-35(26-29(3)4)39(43-37,32-21-13-7-14-22-32)33-23-15-8-16-24-33;;;/h5-24,28-29,34-35H,25-27H2,1-4H3;2*1H;/q;;;+2/p-2/t34-,35-;;;/m1.../s1. The Labute approximate surface area is 305 Å². The van der Waals surface area contributed by atoms with Gasteiger partial charge in [-0.3, -0.25) is 0 Å². The zero-order valence-corrected chi connectivity index (χ0v) is 30.9. The summed E-state index contributed by atoms with van der Waals surface area (Å²) < 4.78 is 14.2. The molecule has 4 aromatic carbocycles. The van der Waals surface area contributed by atoms with E-state index in [-0.39, 0.29) is 62.5 Å². The Morgan fingerprint density at radius 3 is 1.00 bits per heavy atom. The van der Waals surface area contributed by atoms with Crippen LogP contribution >= 0.6 is 0 Å². The normalized spacial score (nSPS) is 19.1. The van der Waals surface area contributed by atoms with Crippen LogP contribution in [0.4, 0.5) is 0 Å². The maximum atomic E-state index is 7.08. The second-order valence-electron chi connectivity index (χ2n) is 12.7. The topological polar surface area (TPSA) is 43.2 Å². The van der Waals surface area contributed by atoms with Crippen LogP contribution in [0.25, 0.3) is 0 Å². The third-order valence-electron chi connectivity index (χ3n) is 8.60. The van der Waals surface area contributed by atoms with Gasteiger partial charge in [0.15, 0.2) is 23.0 Å². The van der Waals surface area contributed by atoms with E-state index in [2.05, 4.69) is 149 Å². The molecule has 244 valence electrons. The quantitative estimate of drug-likeness (QED) is 0.233. The van der Waals surface area contributed by atoms with Crippen LogP contribution in [0.3, 0.4) is 0 Å². The third-order valence-corrected chi connectivity index (χ3v) is 8.60. The Morgan fingerprint density at radius 1 is 0.500 bits per heavy atom.